The Labute approximate surface area is 103 Å². The zero-order valence-electron chi connectivity index (χ0n) is 9.63. The quantitative estimate of drug-likeness (QED) is 0.757. The second kappa shape index (κ2) is 4.84. The van der Waals surface area contributed by atoms with Crippen LogP contribution in [-0.2, 0) is 11.3 Å². The van der Waals surface area contributed by atoms with Crippen molar-refractivity contribution in [2.24, 2.45) is 0 Å². The number of hydrogen-bond donors (Lipinski definition) is 0. The molecule has 1 aromatic rings. The molecule has 18 heavy (non-hydrogen) atoms. The molecule has 0 unspecified atom stereocenters. The molecule has 0 aromatic heterocycles. The minimum atomic E-state index is -1.11. The summed E-state index contributed by atoms with van der Waals surface area (Å²) in [6.07, 6.45) is 1.43. The third-order valence-electron chi connectivity index (χ3n) is 2.87. The van der Waals surface area contributed by atoms with E-state index in [0.29, 0.717) is 0 Å². The molecule has 0 bridgehead atoms. The van der Waals surface area contributed by atoms with Gasteiger partial charge in [0.2, 0.25) is 0 Å². The van der Waals surface area contributed by atoms with E-state index in [0.717, 1.165) is 29.9 Å². The molecule has 0 spiro atoms. The maximum absolute atomic E-state index is 13.5. The molecule has 1 aromatic carbocycles. The summed E-state index contributed by atoms with van der Waals surface area (Å²) in [6.45, 7) is 2.65. The second-order valence-electron chi connectivity index (χ2n) is 4.27. The highest BCUT2D eigenvalue weighted by Crippen LogP contribution is 2.30. The molecular weight excluding hydrogens is 243 g/mol. The Morgan fingerprint density at radius 1 is 1.33 bits per heavy atom. The van der Waals surface area contributed by atoms with Crippen LogP contribution in [0.2, 0.25) is 0 Å². The Morgan fingerprint density at radius 3 is 2.33 bits per heavy atom. The van der Waals surface area contributed by atoms with Crippen molar-refractivity contribution in [1.29, 1.82) is 0 Å². The van der Waals surface area contributed by atoms with Crippen LogP contribution in [0.3, 0.4) is 0 Å². The van der Waals surface area contributed by atoms with Gasteiger partial charge in [0.15, 0.2) is 5.83 Å². The number of carbonyl (C=O) groups is 1. The second-order valence-corrected chi connectivity index (χ2v) is 4.27. The number of carbonyl (C=O) groups excluding carboxylic acids is 1. The van der Waals surface area contributed by atoms with Gasteiger partial charge in [-0.2, -0.15) is 0 Å². The van der Waals surface area contributed by atoms with E-state index in [1.54, 1.807) is 0 Å². The number of halogens is 3. The van der Waals surface area contributed by atoms with Gasteiger partial charge in [0.25, 0.3) is 5.91 Å². The normalized spacial score (nSPS) is 14.4. The molecule has 0 N–H and O–H groups in total. The van der Waals surface area contributed by atoms with Gasteiger partial charge in [-0.1, -0.05) is 12.6 Å². The zero-order chi connectivity index (χ0) is 13.3. The molecule has 1 amide bonds. The van der Waals surface area contributed by atoms with Gasteiger partial charge < -0.3 is 4.90 Å². The van der Waals surface area contributed by atoms with Gasteiger partial charge >= 0.3 is 0 Å². The predicted molar refractivity (Wildman–Crippen MR) is 60.2 cm³/mol. The van der Waals surface area contributed by atoms with Crippen molar-refractivity contribution >= 4 is 5.91 Å². The minimum Gasteiger partial charge on any atom is -0.329 e. The Hall–Kier alpha value is -1.78. The van der Waals surface area contributed by atoms with Crippen LogP contribution in [0.1, 0.15) is 18.4 Å². The Balaban J connectivity index is 2.24. The molecule has 0 heterocycles. The van der Waals surface area contributed by atoms with Crippen molar-refractivity contribution in [2.75, 3.05) is 0 Å². The topological polar surface area (TPSA) is 20.3 Å². The fraction of sp³-hybridized carbons (Fsp3) is 0.308. The van der Waals surface area contributed by atoms with Crippen LogP contribution in [0.25, 0.3) is 0 Å². The van der Waals surface area contributed by atoms with Crippen LogP contribution in [0.15, 0.2) is 30.6 Å². The van der Waals surface area contributed by atoms with Crippen LogP contribution < -0.4 is 0 Å². The number of benzene rings is 1. The minimum absolute atomic E-state index is 0.149. The van der Waals surface area contributed by atoms with Gasteiger partial charge in [-0.25, -0.2) is 13.2 Å². The van der Waals surface area contributed by atoms with Gasteiger partial charge in [0.1, 0.15) is 11.6 Å². The summed E-state index contributed by atoms with van der Waals surface area (Å²) < 4.78 is 39.8. The average Bonchev–Trinajstić information content (AvgIpc) is 3.12. The molecule has 96 valence electrons. The Bertz CT molecular complexity index is 477. The lowest BCUT2D eigenvalue weighted by Crippen LogP contribution is -2.33. The van der Waals surface area contributed by atoms with Crippen molar-refractivity contribution in [1.82, 2.24) is 4.90 Å². The van der Waals surface area contributed by atoms with Crippen LogP contribution in [0, 0.1) is 11.6 Å². The van der Waals surface area contributed by atoms with E-state index in [4.69, 9.17) is 0 Å². The molecule has 1 aliphatic rings. The Kier molecular flexibility index (Phi) is 3.41. The first kappa shape index (κ1) is 12.7. The Morgan fingerprint density at radius 2 is 1.89 bits per heavy atom. The lowest BCUT2D eigenvalue weighted by molar-refractivity contribution is -0.129. The molecule has 1 aliphatic carbocycles. The third-order valence-corrected chi connectivity index (χ3v) is 2.87. The van der Waals surface area contributed by atoms with Gasteiger partial charge in [-0.05, 0) is 25.0 Å². The molecule has 1 saturated carbocycles. The molecule has 5 heteroatoms. The van der Waals surface area contributed by atoms with E-state index >= 15 is 0 Å². The van der Waals surface area contributed by atoms with Crippen LogP contribution in [-0.4, -0.2) is 16.8 Å². The molecule has 1 fully saturated rings. The maximum atomic E-state index is 13.5. The summed E-state index contributed by atoms with van der Waals surface area (Å²) in [6, 6.07) is 3.31. The monoisotopic (exact) mass is 255 g/mol. The van der Waals surface area contributed by atoms with Crippen molar-refractivity contribution < 1.29 is 18.0 Å². The van der Waals surface area contributed by atoms with E-state index < -0.39 is 23.4 Å². The smallest absolute Gasteiger partial charge is 0.282 e. The van der Waals surface area contributed by atoms with Gasteiger partial charge in [0, 0.05) is 11.6 Å². The van der Waals surface area contributed by atoms with Crippen molar-refractivity contribution in [3.63, 3.8) is 0 Å². The summed E-state index contributed by atoms with van der Waals surface area (Å²) in [4.78, 5) is 12.7. The van der Waals surface area contributed by atoms with Crippen LogP contribution in [0.4, 0.5) is 13.2 Å². The summed E-state index contributed by atoms with van der Waals surface area (Å²) in [5.41, 5.74) is -0.223. The first-order chi connectivity index (χ1) is 8.50. The molecule has 0 aliphatic heterocycles. The van der Waals surface area contributed by atoms with E-state index in [2.05, 4.69) is 6.58 Å². The van der Waals surface area contributed by atoms with Crippen molar-refractivity contribution in [3.05, 3.63) is 47.8 Å². The maximum Gasteiger partial charge on any atom is 0.282 e. The summed E-state index contributed by atoms with van der Waals surface area (Å²) >= 11 is 0. The van der Waals surface area contributed by atoms with Crippen molar-refractivity contribution in [2.45, 2.75) is 25.4 Å². The van der Waals surface area contributed by atoms with Gasteiger partial charge in [-0.15, -0.1) is 0 Å². The van der Waals surface area contributed by atoms with Crippen LogP contribution >= 0.6 is 0 Å². The van der Waals surface area contributed by atoms with Crippen LogP contribution in [0.5, 0.6) is 0 Å². The lowest BCUT2D eigenvalue weighted by atomic mass is 10.1. The first-order valence-corrected chi connectivity index (χ1v) is 5.59. The number of hydrogen-bond acceptors (Lipinski definition) is 1. The fourth-order valence-electron chi connectivity index (χ4n) is 1.76. The highest BCUT2D eigenvalue weighted by atomic mass is 19.1. The fourth-order valence-corrected chi connectivity index (χ4v) is 1.76. The SMILES string of the molecule is C=C(F)C(=O)N(Cc1c(F)cccc1F)C1CC1. The molecule has 2 nitrogen and oxygen atoms in total. The first-order valence-electron chi connectivity index (χ1n) is 5.59. The zero-order valence-corrected chi connectivity index (χ0v) is 9.63. The standard InChI is InChI=1S/C13H12F3NO/c1-8(14)13(18)17(9-5-6-9)7-10-11(15)3-2-4-12(10)16/h2-4,9H,1,5-7H2. The van der Waals surface area contributed by atoms with E-state index in [9.17, 15) is 18.0 Å². The van der Waals surface area contributed by atoms with Gasteiger partial charge in [-0.3, -0.25) is 4.79 Å². The average molecular weight is 255 g/mol. The summed E-state index contributed by atoms with van der Waals surface area (Å²) in [5, 5.41) is 0. The predicted octanol–water partition coefficient (Wildman–Crippen LogP) is 2.94. The number of amides is 1. The highest BCUT2D eigenvalue weighted by Gasteiger charge is 2.34. The third kappa shape index (κ3) is 2.55. The van der Waals surface area contributed by atoms with Gasteiger partial charge in [0.05, 0.1) is 6.54 Å². The molecule has 0 radical (unpaired) electrons. The lowest BCUT2D eigenvalue weighted by Gasteiger charge is -2.21. The molecule has 0 atom stereocenters. The summed E-state index contributed by atoms with van der Waals surface area (Å²) in [5.74, 6) is -3.49. The molecule has 2 rings (SSSR count). The molecular formula is C13H12F3NO. The largest absolute Gasteiger partial charge is 0.329 e. The number of nitrogens with zero attached hydrogens (tertiary/aromatic N) is 1. The highest BCUT2D eigenvalue weighted by molar-refractivity contribution is 5.91. The van der Waals surface area contributed by atoms with E-state index in [1.165, 1.54) is 6.07 Å². The number of rotatable bonds is 4. The van der Waals surface area contributed by atoms with E-state index in [1.807, 2.05) is 0 Å². The van der Waals surface area contributed by atoms with E-state index in [-0.39, 0.29) is 18.2 Å². The summed E-state index contributed by atoms with van der Waals surface area (Å²) in [7, 11) is 0. The van der Waals surface area contributed by atoms with Crippen molar-refractivity contribution in [3.8, 4) is 0 Å². The molecule has 0 saturated heterocycles.